The van der Waals surface area contributed by atoms with Crippen molar-refractivity contribution < 1.29 is 13.2 Å². The summed E-state index contributed by atoms with van der Waals surface area (Å²) < 4.78 is 38.6. The van der Waals surface area contributed by atoms with Crippen molar-refractivity contribution in [2.45, 2.75) is 19.0 Å². The predicted molar refractivity (Wildman–Crippen MR) is 54.7 cm³/mol. The maximum atomic E-state index is 12.9. The molecule has 0 saturated carbocycles. The molecule has 0 spiro atoms. The number of aryl methyl sites for hydroxylation is 1. The summed E-state index contributed by atoms with van der Waals surface area (Å²) in [5, 5.41) is 17.2. The van der Waals surface area contributed by atoms with Crippen molar-refractivity contribution in [3.8, 4) is 12.1 Å². The minimum atomic E-state index is -4.61. The molecule has 5 heteroatoms. The number of nitrogens with zero attached hydrogens (tertiary/aromatic N) is 2. The van der Waals surface area contributed by atoms with Crippen molar-refractivity contribution >= 4 is 0 Å². The average molecular weight is 238 g/mol. The van der Waals surface area contributed by atoms with E-state index in [4.69, 9.17) is 10.5 Å². The van der Waals surface area contributed by atoms with Crippen LogP contribution in [0, 0.1) is 35.5 Å². The Morgan fingerprint density at radius 1 is 1.18 bits per heavy atom. The number of nitriles is 2. The van der Waals surface area contributed by atoms with Crippen molar-refractivity contribution in [1.29, 1.82) is 10.5 Å². The first-order chi connectivity index (χ1) is 7.90. The van der Waals surface area contributed by atoms with Crippen LogP contribution in [0.5, 0.6) is 0 Å². The predicted octanol–water partition coefficient (Wildman–Crippen LogP) is 3.30. The molecule has 1 aromatic rings. The van der Waals surface area contributed by atoms with Crippen LogP contribution < -0.4 is 0 Å². The number of alkyl halides is 3. The molecule has 0 radical (unpaired) electrons. The zero-order valence-corrected chi connectivity index (χ0v) is 8.99. The summed E-state index contributed by atoms with van der Waals surface area (Å²) in [6.45, 7) is 1.66. The highest BCUT2D eigenvalue weighted by molar-refractivity contribution is 5.30. The molecule has 0 fully saturated rings. The highest BCUT2D eigenvalue weighted by Gasteiger charge is 2.46. The summed E-state index contributed by atoms with van der Waals surface area (Å²) in [6, 6.07) is 8.56. The van der Waals surface area contributed by atoms with Crippen molar-refractivity contribution in [1.82, 2.24) is 0 Å². The molecular weight excluding hydrogens is 229 g/mol. The summed E-state index contributed by atoms with van der Waals surface area (Å²) in [5.41, 5.74) is 0.608. The lowest BCUT2D eigenvalue weighted by atomic mass is 9.86. The Balaban J connectivity index is 3.27. The Bertz CT molecular complexity index is 466. The van der Waals surface area contributed by atoms with E-state index in [2.05, 4.69) is 0 Å². The van der Waals surface area contributed by atoms with Gasteiger partial charge in [-0.15, -0.1) is 0 Å². The van der Waals surface area contributed by atoms with Crippen LogP contribution in [-0.2, 0) is 0 Å². The van der Waals surface area contributed by atoms with E-state index >= 15 is 0 Å². The molecule has 0 N–H and O–H groups in total. The van der Waals surface area contributed by atoms with Gasteiger partial charge in [0.05, 0.1) is 12.1 Å². The second kappa shape index (κ2) is 4.88. The first-order valence-corrected chi connectivity index (χ1v) is 4.82. The second-order valence-corrected chi connectivity index (χ2v) is 3.67. The molecule has 0 aliphatic rings. The van der Waals surface area contributed by atoms with Crippen LogP contribution in [-0.4, -0.2) is 6.18 Å². The third kappa shape index (κ3) is 2.98. The number of rotatable bonds is 2. The van der Waals surface area contributed by atoms with E-state index in [1.807, 2.05) is 0 Å². The van der Waals surface area contributed by atoms with Gasteiger partial charge in [0.25, 0.3) is 0 Å². The van der Waals surface area contributed by atoms with Crippen LogP contribution in [0.2, 0.25) is 0 Å². The molecule has 1 rings (SSSR count). The van der Waals surface area contributed by atoms with E-state index in [0.717, 1.165) is 0 Å². The lowest BCUT2D eigenvalue weighted by molar-refractivity contribution is -0.154. The van der Waals surface area contributed by atoms with Gasteiger partial charge in [0, 0.05) is 0 Å². The number of hydrogen-bond acceptors (Lipinski definition) is 2. The summed E-state index contributed by atoms with van der Waals surface area (Å²) in [4.78, 5) is 0. The van der Waals surface area contributed by atoms with E-state index in [0.29, 0.717) is 5.56 Å². The molecule has 0 aromatic heterocycles. The molecule has 2 nitrogen and oxygen atoms in total. The molecule has 0 heterocycles. The Morgan fingerprint density at radius 2 is 1.76 bits per heavy atom. The lowest BCUT2D eigenvalue weighted by Crippen LogP contribution is -2.27. The third-order valence-corrected chi connectivity index (χ3v) is 2.37. The molecule has 0 aliphatic carbocycles. The van der Waals surface area contributed by atoms with Gasteiger partial charge in [0.2, 0.25) is 0 Å². The van der Waals surface area contributed by atoms with Crippen molar-refractivity contribution in [2.75, 3.05) is 0 Å². The number of benzene rings is 1. The largest absolute Gasteiger partial charge is 0.398 e. The van der Waals surface area contributed by atoms with Gasteiger partial charge in [-0.05, 0) is 12.5 Å². The Labute approximate surface area is 96.9 Å². The van der Waals surface area contributed by atoms with Crippen molar-refractivity contribution in [2.24, 2.45) is 5.92 Å². The molecule has 0 saturated heterocycles. The minimum absolute atomic E-state index is 0.0504. The highest BCUT2D eigenvalue weighted by Crippen LogP contribution is 2.40. The van der Waals surface area contributed by atoms with Gasteiger partial charge in [-0.3, -0.25) is 0 Å². The maximum Gasteiger partial charge on any atom is 0.398 e. The van der Waals surface area contributed by atoms with Gasteiger partial charge < -0.3 is 0 Å². The molecule has 1 unspecified atom stereocenters. The topological polar surface area (TPSA) is 47.6 Å². The molecule has 17 heavy (non-hydrogen) atoms. The summed E-state index contributed by atoms with van der Waals surface area (Å²) >= 11 is 0. The van der Waals surface area contributed by atoms with Gasteiger partial charge in [-0.1, -0.05) is 29.8 Å². The van der Waals surface area contributed by atoms with Crippen molar-refractivity contribution in [3.63, 3.8) is 0 Å². The summed E-state index contributed by atoms with van der Waals surface area (Å²) in [6.07, 6.45) is -4.61. The number of hydrogen-bond donors (Lipinski definition) is 0. The van der Waals surface area contributed by atoms with E-state index in [1.165, 1.54) is 30.3 Å². The summed E-state index contributed by atoms with van der Waals surface area (Å²) in [7, 11) is 0. The monoisotopic (exact) mass is 238 g/mol. The van der Waals surface area contributed by atoms with Gasteiger partial charge in [0.1, 0.15) is 11.8 Å². The van der Waals surface area contributed by atoms with Gasteiger partial charge in [-0.25, -0.2) is 0 Å². The van der Waals surface area contributed by atoms with Crippen LogP contribution >= 0.6 is 0 Å². The van der Waals surface area contributed by atoms with Gasteiger partial charge in [0.15, 0.2) is 0 Å². The van der Waals surface area contributed by atoms with Crippen LogP contribution in [0.4, 0.5) is 13.2 Å². The zero-order chi connectivity index (χ0) is 13.1. The van der Waals surface area contributed by atoms with Crippen LogP contribution in [0.25, 0.3) is 0 Å². The first kappa shape index (κ1) is 13.1. The van der Waals surface area contributed by atoms with Crippen LogP contribution in [0.3, 0.4) is 0 Å². The fraction of sp³-hybridized carbons (Fsp3) is 0.333. The van der Waals surface area contributed by atoms with Gasteiger partial charge >= 0.3 is 6.18 Å². The highest BCUT2D eigenvalue weighted by atomic mass is 19.4. The smallest absolute Gasteiger partial charge is 0.197 e. The normalized spacial score (nSPS) is 12.9. The average Bonchev–Trinajstić information content (AvgIpc) is 2.23. The van der Waals surface area contributed by atoms with E-state index < -0.39 is 18.0 Å². The Morgan fingerprint density at radius 3 is 2.18 bits per heavy atom. The van der Waals surface area contributed by atoms with Gasteiger partial charge in [-0.2, -0.15) is 23.7 Å². The van der Waals surface area contributed by atoms with Crippen molar-refractivity contribution in [3.05, 3.63) is 35.4 Å². The van der Waals surface area contributed by atoms with Crippen LogP contribution in [0.15, 0.2) is 24.3 Å². The van der Waals surface area contributed by atoms with E-state index in [-0.39, 0.29) is 5.56 Å². The fourth-order valence-corrected chi connectivity index (χ4v) is 1.61. The zero-order valence-electron chi connectivity index (χ0n) is 8.99. The third-order valence-electron chi connectivity index (χ3n) is 2.37. The standard InChI is InChI=1S/C12H9F3N2/c1-8-3-2-4-9(5-8)11(12(13,14)15)10(6-16)7-17/h2-5,10-11H,1H3. The number of halogens is 3. The molecule has 1 atom stereocenters. The molecule has 0 aliphatic heterocycles. The first-order valence-electron chi connectivity index (χ1n) is 4.82. The molecule has 0 amide bonds. The molecule has 0 bridgehead atoms. The Kier molecular flexibility index (Phi) is 3.75. The SMILES string of the molecule is Cc1cccc(C(C(C#N)C#N)C(F)(F)F)c1. The fourth-order valence-electron chi connectivity index (χ4n) is 1.61. The maximum absolute atomic E-state index is 12.9. The van der Waals surface area contributed by atoms with E-state index in [9.17, 15) is 13.2 Å². The Hall–Kier alpha value is -2.01. The molecular formula is C12H9F3N2. The van der Waals surface area contributed by atoms with Crippen LogP contribution in [0.1, 0.15) is 17.0 Å². The summed E-state index contributed by atoms with van der Waals surface area (Å²) in [5.74, 6) is -3.78. The molecule has 88 valence electrons. The lowest BCUT2D eigenvalue weighted by Gasteiger charge is -2.21. The molecule has 1 aromatic carbocycles. The van der Waals surface area contributed by atoms with E-state index in [1.54, 1.807) is 13.0 Å². The minimum Gasteiger partial charge on any atom is -0.197 e. The second-order valence-electron chi connectivity index (χ2n) is 3.67. The quantitative estimate of drug-likeness (QED) is 0.793.